The van der Waals surface area contributed by atoms with Gasteiger partial charge in [-0.2, -0.15) is 0 Å². The van der Waals surface area contributed by atoms with E-state index in [1.165, 1.54) is 16.6 Å². The minimum atomic E-state index is -0.0469. The zero-order valence-electron chi connectivity index (χ0n) is 19.1. The van der Waals surface area contributed by atoms with E-state index in [0.717, 1.165) is 43.7 Å². The van der Waals surface area contributed by atoms with Crippen molar-refractivity contribution >= 4 is 66.8 Å². The third-order valence-corrected chi connectivity index (χ3v) is 9.97. The van der Waals surface area contributed by atoms with Crippen molar-refractivity contribution in [3.63, 3.8) is 0 Å². The third-order valence-electron chi connectivity index (χ3n) is 5.83. The number of thioether (sulfide) groups is 2. The molecule has 0 fully saturated rings. The Bertz CT molecular complexity index is 1470. The zero-order valence-corrected chi connectivity index (χ0v) is 23.1. The number of fused-ring (bicyclic) bond motifs is 3. The highest BCUT2D eigenvalue weighted by molar-refractivity contribution is 9.10. The molecule has 0 N–H and O–H groups in total. The van der Waals surface area contributed by atoms with Gasteiger partial charge in [0.05, 0.1) is 16.8 Å². The molecule has 8 heteroatoms. The lowest BCUT2D eigenvalue weighted by Gasteiger charge is -2.28. The van der Waals surface area contributed by atoms with E-state index in [2.05, 4.69) is 29.8 Å². The normalized spacial score (nSPS) is 14.8. The average Bonchev–Trinajstić information content (AvgIpc) is 3.14. The number of benzene rings is 2. The lowest BCUT2D eigenvalue weighted by Crippen LogP contribution is -2.26. The fourth-order valence-corrected chi connectivity index (χ4v) is 7.67. The van der Waals surface area contributed by atoms with Crippen LogP contribution in [0.4, 0.5) is 0 Å². The lowest BCUT2D eigenvalue weighted by atomic mass is 10.00. The summed E-state index contributed by atoms with van der Waals surface area (Å²) in [6.07, 6.45) is 0.853. The van der Waals surface area contributed by atoms with Gasteiger partial charge in [-0.05, 0) is 48.7 Å². The van der Waals surface area contributed by atoms with Crippen LogP contribution < -0.4 is 5.56 Å². The van der Waals surface area contributed by atoms with Gasteiger partial charge in [0.25, 0.3) is 5.56 Å². The van der Waals surface area contributed by atoms with Gasteiger partial charge in [0.1, 0.15) is 4.83 Å². The fourth-order valence-electron chi connectivity index (χ4n) is 4.11. The van der Waals surface area contributed by atoms with E-state index in [4.69, 9.17) is 4.98 Å². The largest absolute Gasteiger partial charge is 0.293 e. The summed E-state index contributed by atoms with van der Waals surface area (Å²) < 4.78 is 2.71. The van der Waals surface area contributed by atoms with Crippen LogP contribution in [0.15, 0.2) is 63.0 Å². The summed E-state index contributed by atoms with van der Waals surface area (Å²) >= 11 is 8.27. The summed E-state index contributed by atoms with van der Waals surface area (Å²) in [7, 11) is 0. The van der Waals surface area contributed by atoms with Crippen LogP contribution in [0.2, 0.25) is 0 Å². The molecule has 4 aromatic rings. The number of thiophene rings is 1. The zero-order chi connectivity index (χ0) is 24.0. The maximum Gasteiger partial charge on any atom is 0.267 e. The highest BCUT2D eigenvalue weighted by Gasteiger charge is 2.31. The average molecular weight is 572 g/mol. The molecule has 1 aliphatic heterocycles. The molecule has 4 nitrogen and oxygen atoms in total. The fraction of sp³-hybridized carbons (Fsp3) is 0.269. The summed E-state index contributed by atoms with van der Waals surface area (Å²) in [5.41, 5.74) is 3.59. The van der Waals surface area contributed by atoms with Crippen molar-refractivity contribution in [2.24, 2.45) is 0 Å². The second-order valence-corrected chi connectivity index (χ2v) is 13.6. The highest BCUT2D eigenvalue weighted by atomic mass is 79.9. The monoisotopic (exact) mass is 570 g/mol. The van der Waals surface area contributed by atoms with Gasteiger partial charge in [-0.3, -0.25) is 14.2 Å². The highest BCUT2D eigenvalue weighted by Crippen LogP contribution is 2.44. The van der Waals surface area contributed by atoms with Crippen LogP contribution in [0.5, 0.6) is 0 Å². The molecule has 1 aliphatic rings. The molecule has 0 spiro atoms. The molecule has 0 atom stereocenters. The second-order valence-electron chi connectivity index (χ2n) is 9.00. The molecule has 0 unspecified atom stereocenters. The molecule has 0 aliphatic carbocycles. The number of carbonyl (C=O) groups is 1. The number of hydrogen-bond donors (Lipinski definition) is 0. The smallest absolute Gasteiger partial charge is 0.267 e. The first-order valence-electron chi connectivity index (χ1n) is 10.9. The number of aryl methyl sites for hydroxylation is 1. The van der Waals surface area contributed by atoms with Gasteiger partial charge in [-0.25, -0.2) is 4.98 Å². The van der Waals surface area contributed by atoms with E-state index >= 15 is 0 Å². The summed E-state index contributed by atoms with van der Waals surface area (Å²) in [5.74, 6) is 1.11. The first-order valence-corrected chi connectivity index (χ1v) is 14.5. The standard InChI is InChI=1S/C26H23BrN2O2S3/c1-15-5-4-6-18(11-15)29-24(31)22-19-12-26(2,3)33-14-21(19)34-23(22)28-25(29)32-13-20(30)16-7-9-17(27)10-8-16/h4-11H,12-14H2,1-3H3. The van der Waals surface area contributed by atoms with Crippen molar-refractivity contribution in [2.75, 3.05) is 5.75 Å². The van der Waals surface area contributed by atoms with Crippen LogP contribution in [-0.4, -0.2) is 25.8 Å². The predicted molar refractivity (Wildman–Crippen MR) is 148 cm³/mol. The Morgan fingerprint density at radius 2 is 1.97 bits per heavy atom. The van der Waals surface area contributed by atoms with Crippen molar-refractivity contribution in [3.8, 4) is 5.69 Å². The first-order chi connectivity index (χ1) is 16.2. The molecule has 2 aromatic heterocycles. The quantitative estimate of drug-likeness (QED) is 0.146. The molecule has 34 heavy (non-hydrogen) atoms. The van der Waals surface area contributed by atoms with Gasteiger partial charge in [-0.15, -0.1) is 23.1 Å². The van der Waals surface area contributed by atoms with Gasteiger partial charge in [0.2, 0.25) is 0 Å². The number of ketones is 1. The Labute approximate surface area is 219 Å². The minimum Gasteiger partial charge on any atom is -0.293 e. The number of rotatable bonds is 5. The van der Waals surface area contributed by atoms with E-state index in [0.29, 0.717) is 10.7 Å². The molecule has 0 radical (unpaired) electrons. The number of nitrogens with zero attached hydrogens (tertiary/aromatic N) is 2. The number of halogens is 1. The van der Waals surface area contributed by atoms with Gasteiger partial charge >= 0.3 is 0 Å². The van der Waals surface area contributed by atoms with Crippen LogP contribution in [0.25, 0.3) is 15.9 Å². The molecule has 174 valence electrons. The van der Waals surface area contributed by atoms with Gasteiger partial charge < -0.3 is 0 Å². The SMILES string of the molecule is Cc1cccc(-n2c(SCC(=O)c3ccc(Br)cc3)nc3sc4c(c3c2=O)CC(C)(C)SC4)c1. The van der Waals surface area contributed by atoms with E-state index < -0.39 is 0 Å². The molecule has 2 aromatic carbocycles. The summed E-state index contributed by atoms with van der Waals surface area (Å²) in [6, 6.07) is 15.2. The van der Waals surface area contributed by atoms with Crippen molar-refractivity contribution < 1.29 is 4.79 Å². The Morgan fingerprint density at radius 1 is 1.21 bits per heavy atom. The van der Waals surface area contributed by atoms with Crippen molar-refractivity contribution in [1.82, 2.24) is 9.55 Å². The van der Waals surface area contributed by atoms with E-state index in [-0.39, 0.29) is 21.8 Å². The van der Waals surface area contributed by atoms with E-state index in [1.807, 2.05) is 67.2 Å². The maximum atomic E-state index is 14.0. The Balaban J connectivity index is 1.61. The number of Topliss-reactive ketones (excluding diaryl/α,β-unsaturated/α-hetero) is 1. The Morgan fingerprint density at radius 3 is 2.71 bits per heavy atom. The summed E-state index contributed by atoms with van der Waals surface area (Å²) in [6.45, 7) is 6.47. The van der Waals surface area contributed by atoms with Crippen molar-refractivity contribution in [2.45, 2.75) is 42.8 Å². The number of hydrogen-bond acceptors (Lipinski definition) is 6. The topological polar surface area (TPSA) is 52.0 Å². The number of aromatic nitrogens is 2. The molecule has 0 bridgehead atoms. The van der Waals surface area contributed by atoms with Gasteiger partial charge in [0, 0.05) is 25.4 Å². The Kier molecular flexibility index (Phi) is 6.52. The van der Waals surface area contributed by atoms with E-state index in [9.17, 15) is 9.59 Å². The molecule has 5 rings (SSSR count). The van der Waals surface area contributed by atoms with Gasteiger partial charge in [-0.1, -0.05) is 65.8 Å². The van der Waals surface area contributed by atoms with Crippen molar-refractivity contribution in [3.05, 3.63) is 84.9 Å². The molecular formula is C26H23BrN2O2S3. The molecule has 3 heterocycles. The molecule has 0 saturated heterocycles. The molecule has 0 saturated carbocycles. The van der Waals surface area contributed by atoms with Crippen LogP contribution >= 0.6 is 50.8 Å². The van der Waals surface area contributed by atoms with Crippen LogP contribution in [0.3, 0.4) is 0 Å². The molecule has 0 amide bonds. The summed E-state index contributed by atoms with van der Waals surface area (Å²) in [5, 5.41) is 1.29. The second kappa shape index (κ2) is 9.30. The lowest BCUT2D eigenvalue weighted by molar-refractivity contribution is 0.102. The predicted octanol–water partition coefficient (Wildman–Crippen LogP) is 7.06. The van der Waals surface area contributed by atoms with Crippen LogP contribution in [-0.2, 0) is 12.2 Å². The number of carbonyl (C=O) groups excluding carboxylic acids is 1. The first kappa shape index (κ1) is 23.9. The van der Waals surface area contributed by atoms with Gasteiger partial charge in [0.15, 0.2) is 10.9 Å². The Hall–Kier alpha value is -1.87. The van der Waals surface area contributed by atoms with Crippen LogP contribution in [0, 0.1) is 6.92 Å². The van der Waals surface area contributed by atoms with Crippen molar-refractivity contribution in [1.29, 1.82) is 0 Å². The maximum absolute atomic E-state index is 14.0. The molecular weight excluding hydrogens is 548 g/mol. The van der Waals surface area contributed by atoms with E-state index in [1.54, 1.807) is 15.9 Å². The summed E-state index contributed by atoms with van der Waals surface area (Å²) in [4.78, 5) is 33.8. The van der Waals surface area contributed by atoms with Crippen LogP contribution in [0.1, 0.15) is 40.2 Å². The minimum absolute atomic E-state index is 0.00580. The third kappa shape index (κ3) is 4.65.